The lowest BCUT2D eigenvalue weighted by Crippen LogP contribution is -2.36. The SMILES string of the molecule is Cl.NCC(=O)NC(c1ccccc1)C1CCCC1. The zero-order chi connectivity index (χ0) is 12.1. The van der Waals surface area contributed by atoms with Crippen molar-refractivity contribution in [3.8, 4) is 0 Å². The molecule has 1 aliphatic rings. The van der Waals surface area contributed by atoms with Gasteiger partial charge in [0, 0.05) is 0 Å². The van der Waals surface area contributed by atoms with Crippen molar-refractivity contribution < 1.29 is 4.79 Å². The maximum atomic E-state index is 11.5. The molecule has 4 heteroatoms. The molecule has 1 aromatic rings. The lowest BCUT2D eigenvalue weighted by Gasteiger charge is -2.25. The molecule has 0 aromatic heterocycles. The quantitative estimate of drug-likeness (QED) is 0.881. The third-order valence-corrected chi connectivity index (χ3v) is 3.53. The van der Waals surface area contributed by atoms with Gasteiger partial charge in [0.25, 0.3) is 0 Å². The summed E-state index contributed by atoms with van der Waals surface area (Å²) in [5, 5.41) is 3.06. The highest BCUT2D eigenvalue weighted by Gasteiger charge is 2.27. The summed E-state index contributed by atoms with van der Waals surface area (Å²) in [4.78, 5) is 11.5. The van der Waals surface area contributed by atoms with Crippen LogP contribution in [0.4, 0.5) is 0 Å². The van der Waals surface area contributed by atoms with Crippen LogP contribution in [0.3, 0.4) is 0 Å². The normalized spacial score (nSPS) is 16.9. The molecule has 1 aromatic carbocycles. The van der Waals surface area contributed by atoms with Crippen molar-refractivity contribution in [2.75, 3.05) is 6.54 Å². The molecule has 0 bridgehead atoms. The molecular formula is C14H21ClN2O. The molecule has 3 N–H and O–H groups in total. The van der Waals surface area contributed by atoms with E-state index in [0.717, 1.165) is 0 Å². The van der Waals surface area contributed by atoms with Crippen LogP contribution in [-0.4, -0.2) is 12.5 Å². The van der Waals surface area contributed by atoms with Crippen molar-refractivity contribution in [3.05, 3.63) is 35.9 Å². The van der Waals surface area contributed by atoms with Gasteiger partial charge < -0.3 is 11.1 Å². The van der Waals surface area contributed by atoms with Gasteiger partial charge in [0.05, 0.1) is 12.6 Å². The molecule has 0 spiro atoms. The summed E-state index contributed by atoms with van der Waals surface area (Å²) in [6, 6.07) is 10.3. The van der Waals surface area contributed by atoms with E-state index in [1.165, 1.54) is 31.2 Å². The van der Waals surface area contributed by atoms with E-state index in [9.17, 15) is 4.79 Å². The first-order chi connectivity index (χ1) is 8.31. The highest BCUT2D eigenvalue weighted by molar-refractivity contribution is 5.85. The predicted octanol–water partition coefficient (Wildman–Crippen LogP) is 2.41. The van der Waals surface area contributed by atoms with Crippen molar-refractivity contribution in [1.29, 1.82) is 0 Å². The van der Waals surface area contributed by atoms with Gasteiger partial charge in [0.15, 0.2) is 0 Å². The van der Waals surface area contributed by atoms with Crippen molar-refractivity contribution in [1.82, 2.24) is 5.32 Å². The van der Waals surface area contributed by atoms with Crippen LogP contribution >= 0.6 is 12.4 Å². The second-order valence-electron chi connectivity index (χ2n) is 4.70. The van der Waals surface area contributed by atoms with E-state index in [-0.39, 0.29) is 30.9 Å². The molecule has 100 valence electrons. The van der Waals surface area contributed by atoms with Crippen LogP contribution in [0.25, 0.3) is 0 Å². The van der Waals surface area contributed by atoms with Gasteiger partial charge in [0.1, 0.15) is 0 Å². The van der Waals surface area contributed by atoms with Gasteiger partial charge in [-0.1, -0.05) is 43.2 Å². The zero-order valence-corrected chi connectivity index (χ0v) is 11.3. The summed E-state index contributed by atoms with van der Waals surface area (Å²) in [5.74, 6) is 0.499. The van der Waals surface area contributed by atoms with Crippen molar-refractivity contribution in [3.63, 3.8) is 0 Å². The summed E-state index contributed by atoms with van der Waals surface area (Å²) in [6.45, 7) is 0.0655. The number of halogens is 1. The molecule has 2 rings (SSSR count). The maximum absolute atomic E-state index is 11.5. The molecular weight excluding hydrogens is 248 g/mol. The molecule has 1 aliphatic carbocycles. The minimum atomic E-state index is -0.0641. The Hall–Kier alpha value is -1.06. The van der Waals surface area contributed by atoms with Gasteiger partial charge in [-0.2, -0.15) is 0 Å². The number of nitrogens with one attached hydrogen (secondary N) is 1. The lowest BCUT2D eigenvalue weighted by molar-refractivity contribution is -0.120. The maximum Gasteiger partial charge on any atom is 0.234 e. The molecule has 0 aliphatic heterocycles. The lowest BCUT2D eigenvalue weighted by atomic mass is 9.91. The highest BCUT2D eigenvalue weighted by Crippen LogP contribution is 2.35. The first kappa shape index (κ1) is 15.0. The van der Waals surface area contributed by atoms with E-state index in [4.69, 9.17) is 5.73 Å². The molecule has 1 unspecified atom stereocenters. The van der Waals surface area contributed by atoms with Crippen LogP contribution in [0.2, 0.25) is 0 Å². The van der Waals surface area contributed by atoms with E-state index in [2.05, 4.69) is 17.4 Å². The molecule has 3 nitrogen and oxygen atoms in total. The van der Waals surface area contributed by atoms with Crippen molar-refractivity contribution in [2.45, 2.75) is 31.7 Å². The molecule has 18 heavy (non-hydrogen) atoms. The van der Waals surface area contributed by atoms with E-state index in [1.807, 2.05) is 18.2 Å². The van der Waals surface area contributed by atoms with E-state index in [1.54, 1.807) is 0 Å². The number of carbonyl (C=O) groups excluding carboxylic acids is 1. The Morgan fingerprint density at radius 3 is 2.44 bits per heavy atom. The van der Waals surface area contributed by atoms with Crippen LogP contribution in [0, 0.1) is 5.92 Å². The zero-order valence-electron chi connectivity index (χ0n) is 10.5. The fourth-order valence-corrected chi connectivity index (χ4v) is 2.66. The van der Waals surface area contributed by atoms with Crippen LogP contribution in [-0.2, 0) is 4.79 Å². The molecule has 0 saturated heterocycles. The minimum Gasteiger partial charge on any atom is -0.348 e. The first-order valence-corrected chi connectivity index (χ1v) is 6.35. The summed E-state index contributed by atoms with van der Waals surface area (Å²) < 4.78 is 0. The smallest absolute Gasteiger partial charge is 0.234 e. The first-order valence-electron chi connectivity index (χ1n) is 6.35. The van der Waals surface area contributed by atoms with Crippen LogP contribution in [0.1, 0.15) is 37.3 Å². The van der Waals surface area contributed by atoms with Gasteiger partial charge in [-0.15, -0.1) is 12.4 Å². The van der Waals surface area contributed by atoms with Gasteiger partial charge in [-0.05, 0) is 24.3 Å². The van der Waals surface area contributed by atoms with E-state index < -0.39 is 0 Å². The Morgan fingerprint density at radius 2 is 1.89 bits per heavy atom. The molecule has 1 fully saturated rings. The average Bonchev–Trinajstić information content (AvgIpc) is 2.90. The number of benzene rings is 1. The summed E-state index contributed by atoms with van der Waals surface area (Å²) in [7, 11) is 0. The molecule has 0 radical (unpaired) electrons. The summed E-state index contributed by atoms with van der Waals surface area (Å²) >= 11 is 0. The van der Waals surface area contributed by atoms with E-state index in [0.29, 0.717) is 5.92 Å². The Kier molecular flexibility index (Phi) is 6.16. The van der Waals surface area contributed by atoms with Crippen LogP contribution in [0.5, 0.6) is 0 Å². The summed E-state index contributed by atoms with van der Waals surface area (Å²) in [6.07, 6.45) is 4.94. The largest absolute Gasteiger partial charge is 0.348 e. The highest BCUT2D eigenvalue weighted by atomic mass is 35.5. The number of rotatable bonds is 4. The Balaban J connectivity index is 0.00000162. The topological polar surface area (TPSA) is 55.1 Å². The Bertz CT molecular complexity index is 363. The number of nitrogens with two attached hydrogens (primary N) is 1. The fourth-order valence-electron chi connectivity index (χ4n) is 2.66. The van der Waals surface area contributed by atoms with Gasteiger partial charge in [-0.25, -0.2) is 0 Å². The van der Waals surface area contributed by atoms with Crippen molar-refractivity contribution >= 4 is 18.3 Å². The Morgan fingerprint density at radius 1 is 1.28 bits per heavy atom. The van der Waals surface area contributed by atoms with Gasteiger partial charge in [-0.3, -0.25) is 4.79 Å². The second-order valence-corrected chi connectivity index (χ2v) is 4.70. The number of hydrogen-bond acceptors (Lipinski definition) is 2. The van der Waals surface area contributed by atoms with Crippen LogP contribution in [0.15, 0.2) is 30.3 Å². The fraction of sp³-hybridized carbons (Fsp3) is 0.500. The molecule has 1 atom stereocenters. The third kappa shape index (κ3) is 3.72. The molecule has 1 saturated carbocycles. The van der Waals surface area contributed by atoms with Crippen LogP contribution < -0.4 is 11.1 Å². The van der Waals surface area contributed by atoms with Gasteiger partial charge >= 0.3 is 0 Å². The van der Waals surface area contributed by atoms with Gasteiger partial charge in [0.2, 0.25) is 5.91 Å². The standard InChI is InChI=1S/C14H20N2O.ClH/c15-10-13(17)16-14(12-8-4-5-9-12)11-6-2-1-3-7-11;/h1-3,6-7,12,14H,4-5,8-10,15H2,(H,16,17);1H. The third-order valence-electron chi connectivity index (χ3n) is 3.53. The second kappa shape index (κ2) is 7.39. The average molecular weight is 269 g/mol. The molecule has 1 amide bonds. The van der Waals surface area contributed by atoms with Crippen molar-refractivity contribution in [2.24, 2.45) is 11.7 Å². The summed E-state index contributed by atoms with van der Waals surface area (Å²) in [5.41, 5.74) is 6.58. The minimum absolute atomic E-state index is 0. The Labute approximate surface area is 115 Å². The predicted molar refractivity (Wildman–Crippen MR) is 75.6 cm³/mol. The number of carbonyl (C=O) groups is 1. The number of hydrogen-bond donors (Lipinski definition) is 2. The molecule has 0 heterocycles. The number of amides is 1. The monoisotopic (exact) mass is 268 g/mol. The van der Waals surface area contributed by atoms with E-state index >= 15 is 0 Å².